The van der Waals surface area contributed by atoms with Gasteiger partial charge >= 0.3 is 13.3 Å². The molecule has 2 heterocycles. The molecule has 1 amide bonds. The SMILES string of the molecule is Cc1sc(C(=O)NCC(F)(F)F)cc1B1OC(C)(C)C(C)(C)O1. The van der Waals surface area contributed by atoms with E-state index >= 15 is 0 Å². The van der Waals surface area contributed by atoms with E-state index < -0.39 is 36.9 Å². The standard InChI is InChI=1S/C14H19BF3NO3S/c1-8-9(15-21-12(2,3)13(4,5)22-15)6-10(23-8)11(20)19-7-14(16,17)18/h6H,7H2,1-5H3,(H,19,20). The van der Waals surface area contributed by atoms with Crippen LogP contribution >= 0.6 is 11.3 Å². The molecular weight excluding hydrogens is 330 g/mol. The van der Waals surface area contributed by atoms with Gasteiger partial charge in [-0.3, -0.25) is 4.79 Å². The maximum atomic E-state index is 12.2. The van der Waals surface area contributed by atoms with Crippen molar-refractivity contribution in [3.8, 4) is 0 Å². The highest BCUT2D eigenvalue weighted by Gasteiger charge is 2.52. The number of halogens is 3. The van der Waals surface area contributed by atoms with E-state index in [9.17, 15) is 18.0 Å². The second-order valence-corrected chi connectivity index (χ2v) is 7.76. The zero-order valence-electron chi connectivity index (χ0n) is 13.6. The monoisotopic (exact) mass is 349 g/mol. The number of carbonyl (C=O) groups excluding carboxylic acids is 1. The van der Waals surface area contributed by atoms with Gasteiger partial charge in [-0.1, -0.05) is 0 Å². The van der Waals surface area contributed by atoms with E-state index in [1.807, 2.05) is 33.0 Å². The largest absolute Gasteiger partial charge is 0.495 e. The Morgan fingerprint density at radius 3 is 2.26 bits per heavy atom. The molecule has 1 aromatic heterocycles. The molecule has 0 atom stereocenters. The van der Waals surface area contributed by atoms with E-state index in [1.165, 1.54) is 6.07 Å². The Morgan fingerprint density at radius 1 is 1.26 bits per heavy atom. The zero-order chi connectivity index (χ0) is 17.6. The normalized spacial score (nSPS) is 19.9. The summed E-state index contributed by atoms with van der Waals surface area (Å²) in [5, 5.41) is 1.87. The van der Waals surface area contributed by atoms with Crippen molar-refractivity contribution < 1.29 is 27.3 Å². The summed E-state index contributed by atoms with van der Waals surface area (Å²) in [6, 6.07) is 1.54. The highest BCUT2D eigenvalue weighted by atomic mass is 32.1. The molecule has 0 unspecified atom stereocenters. The van der Waals surface area contributed by atoms with Crippen LogP contribution in [-0.2, 0) is 9.31 Å². The lowest BCUT2D eigenvalue weighted by Gasteiger charge is -2.32. The molecule has 1 N–H and O–H groups in total. The molecule has 1 aliphatic heterocycles. The van der Waals surface area contributed by atoms with Crippen molar-refractivity contribution in [2.24, 2.45) is 0 Å². The van der Waals surface area contributed by atoms with E-state index in [-0.39, 0.29) is 4.88 Å². The summed E-state index contributed by atoms with van der Waals surface area (Å²) in [4.78, 5) is 12.8. The van der Waals surface area contributed by atoms with Crippen LogP contribution in [-0.4, -0.2) is 36.9 Å². The van der Waals surface area contributed by atoms with Crippen LogP contribution in [0.5, 0.6) is 0 Å². The van der Waals surface area contributed by atoms with E-state index in [0.29, 0.717) is 5.46 Å². The highest BCUT2D eigenvalue weighted by Crippen LogP contribution is 2.37. The van der Waals surface area contributed by atoms with Crippen LogP contribution in [0.25, 0.3) is 0 Å². The lowest BCUT2D eigenvalue weighted by molar-refractivity contribution is -0.123. The predicted octanol–water partition coefficient (Wildman–Crippen LogP) is 2.65. The summed E-state index contributed by atoms with van der Waals surface area (Å²) in [6.07, 6.45) is -4.43. The third-order valence-corrected chi connectivity index (χ3v) is 5.20. The van der Waals surface area contributed by atoms with Crippen LogP contribution in [0.15, 0.2) is 6.07 Å². The number of aryl methyl sites for hydroxylation is 1. The third kappa shape index (κ3) is 3.89. The maximum absolute atomic E-state index is 12.2. The minimum absolute atomic E-state index is 0.205. The summed E-state index contributed by atoms with van der Waals surface area (Å²) in [7, 11) is -0.639. The Balaban J connectivity index is 2.15. The predicted molar refractivity (Wildman–Crippen MR) is 83.2 cm³/mol. The fourth-order valence-electron chi connectivity index (χ4n) is 2.08. The fourth-order valence-corrected chi connectivity index (χ4v) is 3.03. The first-order chi connectivity index (χ1) is 10.3. The lowest BCUT2D eigenvalue weighted by atomic mass is 9.79. The first-order valence-electron chi connectivity index (χ1n) is 7.13. The van der Waals surface area contributed by atoms with Gasteiger partial charge in [0.25, 0.3) is 5.91 Å². The number of amides is 1. The first kappa shape index (κ1) is 18.3. The number of alkyl halides is 3. The maximum Gasteiger partial charge on any atom is 0.495 e. The van der Waals surface area contributed by atoms with Crippen molar-refractivity contribution in [2.45, 2.75) is 52.0 Å². The third-order valence-electron chi connectivity index (χ3n) is 4.14. The molecule has 4 nitrogen and oxygen atoms in total. The minimum Gasteiger partial charge on any atom is -0.399 e. The topological polar surface area (TPSA) is 47.6 Å². The molecule has 1 aromatic rings. The van der Waals surface area contributed by atoms with Gasteiger partial charge in [0, 0.05) is 4.88 Å². The summed E-state index contributed by atoms with van der Waals surface area (Å²) < 4.78 is 48.4. The molecule has 1 aliphatic rings. The quantitative estimate of drug-likeness (QED) is 0.854. The molecule has 0 spiro atoms. The molecule has 2 rings (SSSR count). The Kier molecular flexibility index (Phi) is 4.60. The van der Waals surface area contributed by atoms with Crippen molar-refractivity contribution in [3.05, 3.63) is 15.8 Å². The van der Waals surface area contributed by atoms with E-state index in [1.54, 1.807) is 6.92 Å². The van der Waals surface area contributed by atoms with Gasteiger partial charge in [0.05, 0.1) is 16.1 Å². The molecule has 0 saturated carbocycles. The van der Waals surface area contributed by atoms with Crippen LogP contribution in [0.2, 0.25) is 0 Å². The van der Waals surface area contributed by atoms with Gasteiger partial charge in [-0.25, -0.2) is 0 Å². The number of hydrogen-bond acceptors (Lipinski definition) is 4. The summed E-state index contributed by atoms with van der Waals surface area (Å²) in [6.45, 7) is 8.06. The van der Waals surface area contributed by atoms with Gasteiger partial charge in [0.1, 0.15) is 6.54 Å². The number of nitrogens with one attached hydrogen (secondary N) is 1. The Labute approximate surface area is 137 Å². The van der Waals surface area contributed by atoms with Gasteiger partial charge < -0.3 is 14.6 Å². The van der Waals surface area contributed by atoms with E-state index in [0.717, 1.165) is 16.2 Å². The zero-order valence-corrected chi connectivity index (χ0v) is 14.4. The van der Waals surface area contributed by atoms with Crippen molar-refractivity contribution in [1.29, 1.82) is 0 Å². The summed E-state index contributed by atoms with van der Waals surface area (Å²) in [5.41, 5.74) is -0.374. The van der Waals surface area contributed by atoms with Crippen LogP contribution in [0.4, 0.5) is 13.2 Å². The Hall–Kier alpha value is -1.06. The molecular formula is C14H19BF3NO3S. The molecule has 0 aromatic carbocycles. The summed E-state index contributed by atoms with van der Waals surface area (Å²) in [5.74, 6) is -0.752. The minimum atomic E-state index is -4.43. The second-order valence-electron chi connectivity index (χ2n) is 6.51. The van der Waals surface area contributed by atoms with Crippen LogP contribution in [0.3, 0.4) is 0 Å². The smallest absolute Gasteiger partial charge is 0.399 e. The Morgan fingerprint density at radius 2 is 1.78 bits per heavy atom. The van der Waals surface area contributed by atoms with Crippen molar-refractivity contribution in [1.82, 2.24) is 5.32 Å². The lowest BCUT2D eigenvalue weighted by Crippen LogP contribution is -2.41. The van der Waals surface area contributed by atoms with Gasteiger partial charge in [0.15, 0.2) is 0 Å². The molecule has 0 bridgehead atoms. The number of hydrogen-bond donors (Lipinski definition) is 1. The first-order valence-corrected chi connectivity index (χ1v) is 7.95. The molecule has 1 fully saturated rings. The van der Waals surface area contributed by atoms with Crippen molar-refractivity contribution in [3.63, 3.8) is 0 Å². The van der Waals surface area contributed by atoms with Crippen molar-refractivity contribution in [2.75, 3.05) is 6.54 Å². The van der Waals surface area contributed by atoms with Crippen molar-refractivity contribution >= 4 is 29.8 Å². The van der Waals surface area contributed by atoms with Gasteiger partial charge in [-0.15, -0.1) is 11.3 Å². The van der Waals surface area contributed by atoms with E-state index in [4.69, 9.17) is 9.31 Å². The second kappa shape index (κ2) is 5.79. The molecule has 0 aliphatic carbocycles. The van der Waals surface area contributed by atoms with Crippen LogP contribution in [0.1, 0.15) is 42.2 Å². The molecule has 23 heavy (non-hydrogen) atoms. The fraction of sp³-hybridized carbons (Fsp3) is 0.643. The molecule has 1 saturated heterocycles. The number of carbonyl (C=O) groups is 1. The molecule has 128 valence electrons. The van der Waals surface area contributed by atoms with Gasteiger partial charge in [-0.05, 0) is 46.1 Å². The van der Waals surface area contributed by atoms with Gasteiger partial charge in [-0.2, -0.15) is 13.2 Å². The summed E-state index contributed by atoms with van der Waals surface area (Å²) >= 11 is 1.12. The molecule has 9 heteroatoms. The highest BCUT2D eigenvalue weighted by molar-refractivity contribution is 7.15. The van der Waals surface area contributed by atoms with Crippen LogP contribution < -0.4 is 10.8 Å². The average molecular weight is 349 g/mol. The number of thiophene rings is 1. The van der Waals surface area contributed by atoms with Crippen LogP contribution in [0, 0.1) is 6.92 Å². The van der Waals surface area contributed by atoms with E-state index in [2.05, 4.69) is 0 Å². The molecule has 0 radical (unpaired) electrons. The Bertz CT molecular complexity index is 597. The van der Waals surface area contributed by atoms with Gasteiger partial charge in [0.2, 0.25) is 0 Å². The average Bonchev–Trinajstić information content (AvgIpc) is 2.84. The number of rotatable bonds is 3.